The molecule has 1 aromatic carbocycles. The van der Waals surface area contributed by atoms with Crippen LogP contribution in [0.4, 0.5) is 0 Å². The van der Waals surface area contributed by atoms with Crippen molar-refractivity contribution in [1.29, 1.82) is 0 Å². The summed E-state index contributed by atoms with van der Waals surface area (Å²) >= 11 is 6.19. The Hall–Kier alpha value is -0.770. The number of piperidine rings is 1. The molecule has 0 bridgehead atoms. The fourth-order valence-electron chi connectivity index (χ4n) is 2.46. The predicted octanol–water partition coefficient (Wildman–Crippen LogP) is 2.66. The van der Waals surface area contributed by atoms with Crippen molar-refractivity contribution in [2.45, 2.75) is 32.4 Å². The van der Waals surface area contributed by atoms with Gasteiger partial charge in [-0.05, 0) is 32.4 Å². The maximum atomic E-state index is 6.19. The predicted molar refractivity (Wildman–Crippen MR) is 75.1 cm³/mol. The quantitative estimate of drug-likeness (QED) is 0.912. The van der Waals surface area contributed by atoms with E-state index < -0.39 is 0 Å². The Kier molecular flexibility index (Phi) is 4.87. The zero-order valence-corrected chi connectivity index (χ0v) is 11.6. The first-order valence-electron chi connectivity index (χ1n) is 6.58. The number of rotatable bonds is 4. The summed E-state index contributed by atoms with van der Waals surface area (Å²) in [7, 11) is 0. The van der Waals surface area contributed by atoms with Crippen molar-refractivity contribution < 1.29 is 4.74 Å². The average Bonchev–Trinajstić information content (AvgIpc) is 2.34. The van der Waals surface area contributed by atoms with E-state index >= 15 is 0 Å². The lowest BCUT2D eigenvalue weighted by Gasteiger charge is -2.31. The zero-order chi connectivity index (χ0) is 13.0. The Morgan fingerprint density at radius 1 is 1.50 bits per heavy atom. The number of ether oxygens (including phenoxy) is 1. The molecule has 1 fully saturated rings. The Morgan fingerprint density at radius 3 is 3.06 bits per heavy atom. The SMILES string of the molecule is CCOc1c(Cl)cccc1CN1CCC[C@@H](N)C1. The van der Waals surface area contributed by atoms with E-state index in [-0.39, 0.29) is 0 Å². The van der Waals surface area contributed by atoms with Crippen LogP contribution < -0.4 is 10.5 Å². The third kappa shape index (κ3) is 3.37. The minimum absolute atomic E-state index is 0.300. The number of hydrogen-bond donors (Lipinski definition) is 1. The van der Waals surface area contributed by atoms with Gasteiger partial charge in [-0.15, -0.1) is 0 Å². The van der Waals surface area contributed by atoms with Crippen LogP contribution in [-0.2, 0) is 6.54 Å². The maximum absolute atomic E-state index is 6.19. The van der Waals surface area contributed by atoms with Crippen LogP contribution in [-0.4, -0.2) is 30.6 Å². The molecule has 4 heteroatoms. The summed E-state index contributed by atoms with van der Waals surface area (Å²) in [4.78, 5) is 2.38. The van der Waals surface area contributed by atoms with Crippen molar-refractivity contribution in [2.75, 3.05) is 19.7 Å². The van der Waals surface area contributed by atoms with Gasteiger partial charge in [0, 0.05) is 24.7 Å². The van der Waals surface area contributed by atoms with Crippen molar-refractivity contribution in [3.05, 3.63) is 28.8 Å². The van der Waals surface area contributed by atoms with Gasteiger partial charge in [0.25, 0.3) is 0 Å². The van der Waals surface area contributed by atoms with E-state index in [4.69, 9.17) is 22.1 Å². The van der Waals surface area contributed by atoms with Crippen LogP contribution in [0.5, 0.6) is 5.75 Å². The highest BCUT2D eigenvalue weighted by Crippen LogP contribution is 2.30. The molecule has 2 N–H and O–H groups in total. The van der Waals surface area contributed by atoms with E-state index in [1.165, 1.54) is 6.42 Å². The normalized spacial score (nSPS) is 20.9. The number of nitrogens with zero attached hydrogens (tertiary/aromatic N) is 1. The summed E-state index contributed by atoms with van der Waals surface area (Å²) in [6.07, 6.45) is 2.30. The van der Waals surface area contributed by atoms with Gasteiger partial charge in [-0.3, -0.25) is 4.90 Å². The highest BCUT2D eigenvalue weighted by molar-refractivity contribution is 6.32. The number of halogens is 1. The average molecular weight is 269 g/mol. The van der Waals surface area contributed by atoms with Crippen molar-refractivity contribution in [1.82, 2.24) is 4.90 Å². The highest BCUT2D eigenvalue weighted by Gasteiger charge is 2.18. The molecule has 0 radical (unpaired) electrons. The lowest BCUT2D eigenvalue weighted by Crippen LogP contribution is -2.42. The monoisotopic (exact) mass is 268 g/mol. The molecule has 3 nitrogen and oxygen atoms in total. The summed E-state index contributed by atoms with van der Waals surface area (Å²) in [6.45, 7) is 5.54. The van der Waals surface area contributed by atoms with Gasteiger partial charge in [0.1, 0.15) is 5.75 Å². The van der Waals surface area contributed by atoms with Crippen molar-refractivity contribution in [3.63, 3.8) is 0 Å². The molecule has 2 rings (SSSR count). The fourth-order valence-corrected chi connectivity index (χ4v) is 2.71. The summed E-state index contributed by atoms with van der Waals surface area (Å²) in [6, 6.07) is 6.23. The van der Waals surface area contributed by atoms with Gasteiger partial charge in [0.15, 0.2) is 0 Å². The second-order valence-electron chi connectivity index (χ2n) is 4.80. The van der Waals surface area contributed by atoms with Gasteiger partial charge in [0.05, 0.1) is 11.6 Å². The van der Waals surface area contributed by atoms with Crippen LogP contribution in [0.25, 0.3) is 0 Å². The van der Waals surface area contributed by atoms with Gasteiger partial charge in [0.2, 0.25) is 0 Å². The Bertz CT molecular complexity index is 397. The van der Waals surface area contributed by atoms with E-state index in [1.54, 1.807) is 0 Å². The van der Waals surface area contributed by atoms with Crippen molar-refractivity contribution in [3.8, 4) is 5.75 Å². The van der Waals surface area contributed by atoms with E-state index in [9.17, 15) is 0 Å². The maximum Gasteiger partial charge on any atom is 0.142 e. The number of hydrogen-bond acceptors (Lipinski definition) is 3. The Balaban J connectivity index is 2.10. The second kappa shape index (κ2) is 6.41. The minimum atomic E-state index is 0.300. The molecule has 0 unspecified atom stereocenters. The number of para-hydroxylation sites is 1. The summed E-state index contributed by atoms with van der Waals surface area (Å²) in [5, 5.41) is 0.690. The third-order valence-electron chi connectivity index (χ3n) is 3.27. The van der Waals surface area contributed by atoms with E-state index in [1.807, 2.05) is 19.1 Å². The molecule has 0 spiro atoms. The number of nitrogens with two attached hydrogens (primary N) is 1. The van der Waals surface area contributed by atoms with Gasteiger partial charge in [-0.2, -0.15) is 0 Å². The Labute approximate surface area is 114 Å². The molecule has 100 valence electrons. The van der Waals surface area contributed by atoms with Crippen LogP contribution in [0.3, 0.4) is 0 Å². The third-order valence-corrected chi connectivity index (χ3v) is 3.57. The molecule has 1 aliphatic rings. The van der Waals surface area contributed by atoms with Gasteiger partial charge >= 0.3 is 0 Å². The molecular weight excluding hydrogens is 248 g/mol. The number of likely N-dealkylation sites (tertiary alicyclic amines) is 1. The summed E-state index contributed by atoms with van der Waals surface area (Å²) in [5.41, 5.74) is 7.16. The topological polar surface area (TPSA) is 38.5 Å². The Morgan fingerprint density at radius 2 is 2.33 bits per heavy atom. The van der Waals surface area contributed by atoms with E-state index in [0.29, 0.717) is 17.7 Å². The van der Waals surface area contributed by atoms with Crippen LogP contribution in [0, 0.1) is 0 Å². The molecule has 0 aromatic heterocycles. The smallest absolute Gasteiger partial charge is 0.142 e. The van der Waals surface area contributed by atoms with E-state index in [2.05, 4.69) is 11.0 Å². The standard InChI is InChI=1S/C14H21ClN2O/c1-2-18-14-11(5-3-7-13(14)15)9-17-8-4-6-12(16)10-17/h3,5,7,12H,2,4,6,8-10,16H2,1H3/t12-/m1/s1. The zero-order valence-electron chi connectivity index (χ0n) is 10.9. The molecule has 1 aromatic rings. The summed E-state index contributed by atoms with van der Waals surface area (Å²) in [5.74, 6) is 0.820. The number of benzene rings is 1. The van der Waals surface area contributed by atoms with Gasteiger partial charge in [-0.1, -0.05) is 23.7 Å². The largest absolute Gasteiger partial charge is 0.492 e. The molecule has 1 heterocycles. The lowest BCUT2D eigenvalue weighted by atomic mass is 10.1. The van der Waals surface area contributed by atoms with Crippen molar-refractivity contribution in [2.24, 2.45) is 5.73 Å². The van der Waals surface area contributed by atoms with Crippen LogP contribution in [0.1, 0.15) is 25.3 Å². The first-order chi connectivity index (χ1) is 8.70. The first-order valence-corrected chi connectivity index (χ1v) is 6.96. The van der Waals surface area contributed by atoms with Gasteiger partial charge in [-0.25, -0.2) is 0 Å². The molecule has 1 saturated heterocycles. The molecule has 1 aliphatic heterocycles. The molecule has 0 amide bonds. The first kappa shape index (κ1) is 13.7. The lowest BCUT2D eigenvalue weighted by molar-refractivity contribution is 0.198. The molecule has 0 aliphatic carbocycles. The van der Waals surface area contributed by atoms with E-state index in [0.717, 1.165) is 37.4 Å². The van der Waals surface area contributed by atoms with Crippen LogP contribution >= 0.6 is 11.6 Å². The molecular formula is C14H21ClN2O. The highest BCUT2D eigenvalue weighted by atomic mass is 35.5. The van der Waals surface area contributed by atoms with Crippen LogP contribution in [0.2, 0.25) is 5.02 Å². The fraction of sp³-hybridized carbons (Fsp3) is 0.571. The van der Waals surface area contributed by atoms with Gasteiger partial charge < -0.3 is 10.5 Å². The second-order valence-corrected chi connectivity index (χ2v) is 5.21. The molecule has 18 heavy (non-hydrogen) atoms. The molecule has 1 atom stereocenters. The molecule has 0 saturated carbocycles. The van der Waals surface area contributed by atoms with Crippen LogP contribution in [0.15, 0.2) is 18.2 Å². The minimum Gasteiger partial charge on any atom is -0.492 e. The summed E-state index contributed by atoms with van der Waals surface area (Å²) < 4.78 is 5.65. The van der Waals surface area contributed by atoms with Crippen molar-refractivity contribution >= 4 is 11.6 Å².